The highest BCUT2D eigenvalue weighted by Gasteiger charge is 2.16. The van der Waals surface area contributed by atoms with Crippen molar-refractivity contribution in [1.29, 1.82) is 0 Å². The third-order valence-electron chi connectivity index (χ3n) is 3.65. The first-order valence-corrected chi connectivity index (χ1v) is 8.52. The second-order valence-corrected chi connectivity index (χ2v) is 6.91. The predicted octanol–water partition coefficient (Wildman–Crippen LogP) is 2.06. The fraction of sp³-hybridized carbons (Fsp3) is 0.188. The zero-order valence-corrected chi connectivity index (χ0v) is 13.7. The van der Waals surface area contributed by atoms with Crippen LogP contribution in [0.3, 0.4) is 0 Å². The van der Waals surface area contributed by atoms with Gasteiger partial charge in [-0.2, -0.15) is 0 Å². The van der Waals surface area contributed by atoms with E-state index in [-0.39, 0.29) is 11.4 Å². The normalized spacial score (nSPS) is 11.7. The van der Waals surface area contributed by atoms with Gasteiger partial charge in [0.1, 0.15) is 5.75 Å². The topological polar surface area (TPSA) is 73.2 Å². The molecule has 3 rings (SSSR count). The molecule has 0 atom stereocenters. The summed E-state index contributed by atoms with van der Waals surface area (Å²) < 4.78 is 34.6. The van der Waals surface area contributed by atoms with Crippen LogP contribution in [0.5, 0.6) is 5.75 Å². The molecule has 0 amide bonds. The summed E-state index contributed by atoms with van der Waals surface area (Å²) in [5, 5.41) is 0. The van der Waals surface area contributed by atoms with Gasteiger partial charge in [0.05, 0.1) is 29.4 Å². The van der Waals surface area contributed by atoms with Crippen molar-refractivity contribution in [1.82, 2.24) is 14.3 Å². The van der Waals surface area contributed by atoms with Crippen molar-refractivity contribution in [3.8, 4) is 5.75 Å². The van der Waals surface area contributed by atoms with Gasteiger partial charge in [0.25, 0.3) is 0 Å². The van der Waals surface area contributed by atoms with Crippen molar-refractivity contribution in [3.05, 3.63) is 54.4 Å². The zero-order chi connectivity index (χ0) is 16.4. The third kappa shape index (κ3) is 3.06. The Morgan fingerprint density at radius 2 is 2.00 bits per heavy atom. The molecule has 0 aliphatic rings. The van der Waals surface area contributed by atoms with Crippen LogP contribution in [-0.4, -0.2) is 25.1 Å². The maximum absolute atomic E-state index is 12.5. The molecule has 0 aliphatic heterocycles. The van der Waals surface area contributed by atoms with Crippen molar-refractivity contribution in [3.63, 3.8) is 0 Å². The van der Waals surface area contributed by atoms with Crippen LogP contribution in [-0.2, 0) is 23.6 Å². The lowest BCUT2D eigenvalue weighted by Crippen LogP contribution is -2.23. The number of benzene rings is 2. The number of para-hydroxylation sites is 1. The molecule has 6 nitrogen and oxygen atoms in total. The second kappa shape index (κ2) is 6.02. The molecule has 2 aromatic carbocycles. The first kappa shape index (κ1) is 15.5. The van der Waals surface area contributed by atoms with E-state index in [1.54, 1.807) is 37.7 Å². The number of imidazole rings is 1. The van der Waals surface area contributed by atoms with Gasteiger partial charge in [0.15, 0.2) is 0 Å². The molecule has 3 aromatic rings. The van der Waals surface area contributed by atoms with Crippen LogP contribution in [0, 0.1) is 0 Å². The quantitative estimate of drug-likeness (QED) is 0.777. The van der Waals surface area contributed by atoms with Crippen LogP contribution >= 0.6 is 0 Å². The van der Waals surface area contributed by atoms with Crippen molar-refractivity contribution in [2.24, 2.45) is 7.05 Å². The number of nitrogens with one attached hydrogen (secondary N) is 1. The number of methoxy groups -OCH3 is 1. The number of ether oxygens (including phenoxy) is 1. The van der Waals surface area contributed by atoms with Gasteiger partial charge in [-0.1, -0.05) is 18.2 Å². The Bertz CT molecular complexity index is 948. The summed E-state index contributed by atoms with van der Waals surface area (Å²) in [5.74, 6) is 0.648. The SMILES string of the molecule is COc1ccccc1CNS(=O)(=O)c1ccc2c(c1)ncn2C. The number of fused-ring (bicyclic) bond motifs is 1. The smallest absolute Gasteiger partial charge is 0.240 e. The van der Waals surface area contributed by atoms with Crippen LogP contribution in [0.4, 0.5) is 0 Å². The molecule has 1 aromatic heterocycles. The number of aryl methyl sites for hydroxylation is 1. The van der Waals surface area contributed by atoms with E-state index in [4.69, 9.17) is 4.74 Å². The lowest BCUT2D eigenvalue weighted by atomic mass is 10.2. The minimum absolute atomic E-state index is 0.159. The maximum atomic E-state index is 12.5. The molecule has 0 radical (unpaired) electrons. The third-order valence-corrected chi connectivity index (χ3v) is 5.05. The predicted molar refractivity (Wildman–Crippen MR) is 87.7 cm³/mol. The number of rotatable bonds is 5. The largest absolute Gasteiger partial charge is 0.496 e. The summed E-state index contributed by atoms with van der Waals surface area (Å²) in [4.78, 5) is 4.38. The van der Waals surface area contributed by atoms with E-state index in [0.717, 1.165) is 11.1 Å². The molecule has 23 heavy (non-hydrogen) atoms. The Morgan fingerprint density at radius 1 is 1.22 bits per heavy atom. The van der Waals surface area contributed by atoms with E-state index < -0.39 is 10.0 Å². The van der Waals surface area contributed by atoms with Crippen molar-refractivity contribution < 1.29 is 13.2 Å². The van der Waals surface area contributed by atoms with E-state index in [1.165, 1.54) is 0 Å². The summed E-state index contributed by atoms with van der Waals surface area (Å²) in [7, 11) is -0.198. The Labute approximate surface area is 134 Å². The van der Waals surface area contributed by atoms with Gasteiger partial charge in [-0.3, -0.25) is 0 Å². The highest BCUT2D eigenvalue weighted by Crippen LogP contribution is 2.20. The Morgan fingerprint density at radius 3 is 2.78 bits per heavy atom. The van der Waals surface area contributed by atoms with E-state index in [2.05, 4.69) is 9.71 Å². The molecular weight excluding hydrogens is 314 g/mol. The molecular formula is C16H17N3O3S. The number of hydrogen-bond acceptors (Lipinski definition) is 4. The van der Waals surface area contributed by atoms with E-state index in [9.17, 15) is 8.42 Å². The van der Waals surface area contributed by atoms with Crippen LogP contribution in [0.1, 0.15) is 5.56 Å². The molecule has 1 heterocycles. The number of aromatic nitrogens is 2. The standard InChI is InChI=1S/C16H17N3O3S/c1-19-11-17-14-9-13(7-8-15(14)19)23(20,21)18-10-12-5-3-4-6-16(12)22-2/h3-9,11,18H,10H2,1-2H3. The van der Waals surface area contributed by atoms with Crippen LogP contribution in [0.2, 0.25) is 0 Å². The summed E-state index contributed by atoms with van der Waals surface area (Å²) >= 11 is 0. The van der Waals surface area contributed by atoms with Crippen molar-refractivity contribution in [2.75, 3.05) is 7.11 Å². The monoisotopic (exact) mass is 331 g/mol. The summed E-state index contributed by atoms with van der Waals surface area (Å²) in [6, 6.07) is 12.2. The molecule has 120 valence electrons. The fourth-order valence-corrected chi connectivity index (χ4v) is 3.41. The van der Waals surface area contributed by atoms with Gasteiger partial charge in [-0.25, -0.2) is 18.1 Å². The first-order chi connectivity index (χ1) is 11.0. The van der Waals surface area contributed by atoms with Gasteiger partial charge >= 0.3 is 0 Å². The Kier molecular flexibility index (Phi) is 4.06. The first-order valence-electron chi connectivity index (χ1n) is 7.04. The van der Waals surface area contributed by atoms with Crippen molar-refractivity contribution >= 4 is 21.1 Å². The lowest BCUT2D eigenvalue weighted by Gasteiger charge is -2.10. The zero-order valence-electron chi connectivity index (χ0n) is 12.9. The van der Waals surface area contributed by atoms with Crippen LogP contribution in [0.15, 0.2) is 53.7 Å². The molecule has 0 saturated carbocycles. The average Bonchev–Trinajstić information content (AvgIpc) is 2.94. The molecule has 0 spiro atoms. The minimum Gasteiger partial charge on any atom is -0.496 e. The molecule has 0 bridgehead atoms. The molecule has 7 heteroatoms. The second-order valence-electron chi connectivity index (χ2n) is 5.14. The number of nitrogens with zero attached hydrogens (tertiary/aromatic N) is 2. The molecule has 0 unspecified atom stereocenters. The van der Waals surface area contributed by atoms with Gasteiger partial charge in [-0.05, 0) is 24.3 Å². The molecule has 1 N–H and O–H groups in total. The minimum atomic E-state index is -3.62. The lowest BCUT2D eigenvalue weighted by molar-refractivity contribution is 0.409. The number of hydrogen-bond donors (Lipinski definition) is 1. The Hall–Kier alpha value is -2.38. The van der Waals surface area contributed by atoms with Gasteiger partial charge in [-0.15, -0.1) is 0 Å². The molecule has 0 saturated heterocycles. The average molecular weight is 331 g/mol. The van der Waals surface area contributed by atoms with E-state index in [0.29, 0.717) is 11.3 Å². The van der Waals surface area contributed by atoms with Crippen LogP contribution in [0.25, 0.3) is 11.0 Å². The van der Waals surface area contributed by atoms with Gasteiger partial charge in [0, 0.05) is 19.2 Å². The van der Waals surface area contributed by atoms with Gasteiger partial charge in [0.2, 0.25) is 10.0 Å². The van der Waals surface area contributed by atoms with E-state index >= 15 is 0 Å². The molecule has 0 fully saturated rings. The van der Waals surface area contributed by atoms with Crippen LogP contribution < -0.4 is 9.46 Å². The number of sulfonamides is 1. The Balaban J connectivity index is 1.85. The van der Waals surface area contributed by atoms with Gasteiger partial charge < -0.3 is 9.30 Å². The summed E-state index contributed by atoms with van der Waals surface area (Å²) in [6.45, 7) is 0.159. The maximum Gasteiger partial charge on any atom is 0.240 e. The summed E-state index contributed by atoms with van der Waals surface area (Å²) in [5.41, 5.74) is 2.30. The molecule has 0 aliphatic carbocycles. The fourth-order valence-electron chi connectivity index (χ4n) is 2.39. The summed E-state index contributed by atoms with van der Waals surface area (Å²) in [6.07, 6.45) is 1.66. The van der Waals surface area contributed by atoms with E-state index in [1.807, 2.05) is 29.8 Å². The highest BCUT2D eigenvalue weighted by atomic mass is 32.2. The highest BCUT2D eigenvalue weighted by molar-refractivity contribution is 7.89. The van der Waals surface area contributed by atoms with Crippen molar-refractivity contribution in [2.45, 2.75) is 11.4 Å².